The van der Waals surface area contributed by atoms with E-state index in [1.165, 1.54) is 0 Å². The first-order valence-electron chi connectivity index (χ1n) is 8.95. The van der Waals surface area contributed by atoms with Gasteiger partial charge in [-0.1, -0.05) is 6.92 Å². The summed E-state index contributed by atoms with van der Waals surface area (Å²) in [7, 11) is -5.27. The second-order valence-electron chi connectivity index (χ2n) is 9.27. The smallest absolute Gasteiger partial charge is 0.342 e. The molecule has 0 aliphatic heterocycles. The largest absolute Gasteiger partial charge is 0.549 e. The fourth-order valence-electron chi connectivity index (χ4n) is 2.15. The average Bonchev–Trinajstić information content (AvgIpc) is 2.29. The van der Waals surface area contributed by atoms with Crippen LogP contribution in [0.2, 0.25) is 58.9 Å². The van der Waals surface area contributed by atoms with Crippen molar-refractivity contribution in [3.63, 3.8) is 0 Å². The molecule has 0 heterocycles. The van der Waals surface area contributed by atoms with Crippen LogP contribution in [0, 0.1) is 0 Å². The monoisotopic (exact) mass is 422 g/mol. The third-order valence-electron chi connectivity index (χ3n) is 2.68. The highest BCUT2D eigenvalue weighted by Gasteiger charge is 2.43. The molecule has 0 spiro atoms. The van der Waals surface area contributed by atoms with Gasteiger partial charge in [0.25, 0.3) is 0 Å². The van der Waals surface area contributed by atoms with E-state index in [1.807, 2.05) is 6.92 Å². The van der Waals surface area contributed by atoms with Crippen molar-refractivity contribution in [2.75, 3.05) is 6.61 Å². The molecule has 0 unspecified atom stereocenters. The predicted octanol–water partition coefficient (Wildman–Crippen LogP) is 3.40. The fourth-order valence-corrected chi connectivity index (χ4v) is 9.34. The lowest BCUT2D eigenvalue weighted by molar-refractivity contribution is -0.143. The number of ether oxygens (including phenoxy) is 1. The van der Waals surface area contributed by atoms with Crippen molar-refractivity contribution in [3.05, 3.63) is 11.8 Å². The Bertz CT molecular complexity index is 456. The van der Waals surface area contributed by atoms with Gasteiger partial charge in [-0.15, -0.1) is 0 Å². The Balaban J connectivity index is 5.99. The normalized spacial score (nSPS) is 14.6. The van der Waals surface area contributed by atoms with Gasteiger partial charge in [-0.25, -0.2) is 4.79 Å². The van der Waals surface area contributed by atoms with Gasteiger partial charge < -0.3 is 18.0 Å². The molecular formula is C16H38O5Si4. The van der Waals surface area contributed by atoms with Crippen LogP contribution in [-0.2, 0) is 22.8 Å². The highest BCUT2D eigenvalue weighted by atomic mass is 28.4. The van der Waals surface area contributed by atoms with Crippen LogP contribution in [-0.4, -0.2) is 53.2 Å². The molecule has 25 heavy (non-hydrogen) atoms. The van der Waals surface area contributed by atoms with Gasteiger partial charge in [-0.3, -0.25) is 0 Å². The van der Waals surface area contributed by atoms with E-state index in [9.17, 15) is 4.79 Å². The van der Waals surface area contributed by atoms with E-state index in [4.69, 9.17) is 18.0 Å². The molecule has 0 rings (SSSR count). The van der Waals surface area contributed by atoms with Crippen LogP contribution in [0.3, 0.4) is 0 Å². The summed E-state index contributed by atoms with van der Waals surface area (Å²) < 4.78 is 24.2. The van der Waals surface area contributed by atoms with Crippen molar-refractivity contribution in [2.45, 2.75) is 77.7 Å². The standard InChI is InChI=1S/C16H38O5Si4/c1-11-12-18-15(17)14(13-19-23(2,3)4)16(22,20-24(5,6)7)21-25(8,9)10/h13H,11-12H2,1-10,22H3. The lowest BCUT2D eigenvalue weighted by atomic mass is 10.3. The number of esters is 1. The van der Waals surface area contributed by atoms with Crippen LogP contribution < -0.4 is 0 Å². The maximum atomic E-state index is 12.8. The zero-order valence-corrected chi connectivity index (χ0v) is 23.0. The van der Waals surface area contributed by atoms with Gasteiger partial charge in [0.05, 0.1) is 23.1 Å². The molecule has 0 aromatic carbocycles. The number of carbonyl (C=O) groups is 1. The molecule has 9 heteroatoms. The molecule has 0 saturated carbocycles. The van der Waals surface area contributed by atoms with Gasteiger partial charge in [0.15, 0.2) is 22.0 Å². The topological polar surface area (TPSA) is 54.0 Å². The van der Waals surface area contributed by atoms with E-state index < -0.39 is 36.3 Å². The lowest BCUT2D eigenvalue weighted by Crippen LogP contribution is -2.53. The van der Waals surface area contributed by atoms with E-state index in [0.717, 1.165) is 6.42 Å². The SMILES string of the molecule is CCCOC(=O)C(=CO[Si](C)(C)C)C([SiH3])(O[Si](C)(C)C)O[Si](C)(C)C. The molecule has 148 valence electrons. The predicted molar refractivity (Wildman–Crippen MR) is 115 cm³/mol. The molecule has 0 saturated heterocycles. The van der Waals surface area contributed by atoms with Crippen LogP contribution in [0.15, 0.2) is 11.8 Å². The molecule has 0 bridgehead atoms. The van der Waals surface area contributed by atoms with E-state index in [0.29, 0.717) is 22.4 Å². The van der Waals surface area contributed by atoms with Crippen LogP contribution in [0.5, 0.6) is 0 Å². The average molecular weight is 423 g/mol. The highest BCUT2D eigenvalue weighted by Crippen LogP contribution is 2.30. The van der Waals surface area contributed by atoms with Crippen LogP contribution >= 0.6 is 0 Å². The first-order chi connectivity index (χ1) is 11.0. The summed E-state index contributed by atoms with van der Waals surface area (Å²) in [6.45, 7) is 21.2. The minimum absolute atomic E-state index is 0.375. The Kier molecular flexibility index (Phi) is 9.06. The molecule has 0 N–H and O–H groups in total. The number of hydrogen-bond donors (Lipinski definition) is 0. The third-order valence-corrected chi connectivity index (χ3v) is 7.27. The molecule has 0 aliphatic rings. The Morgan fingerprint density at radius 3 is 1.68 bits per heavy atom. The van der Waals surface area contributed by atoms with Gasteiger partial charge in [0, 0.05) is 0 Å². The van der Waals surface area contributed by atoms with Crippen LogP contribution in [0.25, 0.3) is 0 Å². The van der Waals surface area contributed by atoms with Crippen molar-refractivity contribution in [1.82, 2.24) is 0 Å². The van der Waals surface area contributed by atoms with E-state index >= 15 is 0 Å². The Morgan fingerprint density at radius 2 is 1.36 bits per heavy atom. The van der Waals surface area contributed by atoms with Crippen LogP contribution in [0.1, 0.15) is 13.3 Å². The van der Waals surface area contributed by atoms with Gasteiger partial charge in [-0.05, 0) is 65.3 Å². The van der Waals surface area contributed by atoms with Gasteiger partial charge >= 0.3 is 5.97 Å². The zero-order chi connectivity index (χ0) is 20.1. The molecule has 0 atom stereocenters. The highest BCUT2D eigenvalue weighted by molar-refractivity contribution is 6.72. The fraction of sp³-hybridized carbons (Fsp3) is 0.812. The van der Waals surface area contributed by atoms with Crippen molar-refractivity contribution in [2.24, 2.45) is 0 Å². The van der Waals surface area contributed by atoms with Gasteiger partial charge in [0.2, 0.25) is 8.32 Å². The summed E-state index contributed by atoms with van der Waals surface area (Å²) in [5.41, 5.74) is -0.653. The zero-order valence-electron chi connectivity index (χ0n) is 18.0. The molecule has 0 fully saturated rings. The first kappa shape index (κ1) is 24.8. The second-order valence-corrected chi connectivity index (χ2v) is 23.9. The Labute approximate surface area is 160 Å². The first-order valence-corrected chi connectivity index (χ1v) is 20.2. The molecule has 0 aromatic rings. The van der Waals surface area contributed by atoms with Crippen molar-refractivity contribution in [1.29, 1.82) is 0 Å². The summed E-state index contributed by atoms with van der Waals surface area (Å²) in [5, 5.41) is 0. The minimum Gasteiger partial charge on any atom is -0.549 e. The molecule has 0 amide bonds. The van der Waals surface area contributed by atoms with Crippen LogP contribution in [0.4, 0.5) is 0 Å². The summed E-state index contributed by atoms with van der Waals surface area (Å²) in [6.07, 6.45) is 2.32. The summed E-state index contributed by atoms with van der Waals surface area (Å²) in [5.74, 6) is -0.397. The van der Waals surface area contributed by atoms with Crippen molar-refractivity contribution >= 4 is 41.2 Å². The van der Waals surface area contributed by atoms with Gasteiger partial charge in [0.1, 0.15) is 5.57 Å². The third kappa shape index (κ3) is 11.2. The second kappa shape index (κ2) is 9.13. The lowest BCUT2D eigenvalue weighted by Gasteiger charge is -2.41. The molecule has 0 aliphatic carbocycles. The quantitative estimate of drug-likeness (QED) is 0.177. The maximum absolute atomic E-state index is 12.8. The molecule has 0 radical (unpaired) electrons. The molecular weight excluding hydrogens is 385 g/mol. The van der Waals surface area contributed by atoms with E-state index in [1.54, 1.807) is 6.26 Å². The minimum atomic E-state index is -1.97. The van der Waals surface area contributed by atoms with Gasteiger partial charge in [-0.2, -0.15) is 0 Å². The number of carbonyl (C=O) groups excluding carboxylic acids is 1. The van der Waals surface area contributed by atoms with E-state index in [-0.39, 0.29) is 0 Å². The summed E-state index contributed by atoms with van der Waals surface area (Å²) in [4.78, 5) is 12.8. The summed E-state index contributed by atoms with van der Waals surface area (Å²) >= 11 is 0. The maximum Gasteiger partial charge on any atom is 0.342 e. The van der Waals surface area contributed by atoms with E-state index in [2.05, 4.69) is 58.9 Å². The molecule has 0 aromatic heterocycles. The number of rotatable bonds is 10. The van der Waals surface area contributed by atoms with Crippen molar-refractivity contribution in [3.8, 4) is 0 Å². The Hall–Kier alpha value is -0.202. The summed E-state index contributed by atoms with van der Waals surface area (Å²) in [6, 6.07) is 0. The number of hydrogen-bond acceptors (Lipinski definition) is 5. The Morgan fingerprint density at radius 1 is 0.920 bits per heavy atom. The van der Waals surface area contributed by atoms with Crippen molar-refractivity contribution < 1.29 is 22.8 Å². The molecule has 5 nitrogen and oxygen atoms in total.